The van der Waals surface area contributed by atoms with Gasteiger partial charge in [-0.15, -0.1) is 0 Å². The topological polar surface area (TPSA) is 84.7 Å². The fourth-order valence-electron chi connectivity index (χ4n) is 1.93. The van der Waals surface area contributed by atoms with Crippen molar-refractivity contribution in [2.45, 2.75) is 6.92 Å². The van der Waals surface area contributed by atoms with Gasteiger partial charge in [0.05, 0.1) is 16.9 Å². The van der Waals surface area contributed by atoms with Crippen molar-refractivity contribution in [2.75, 3.05) is 10.7 Å². The summed E-state index contributed by atoms with van der Waals surface area (Å²) in [6, 6.07) is 8.88. The Hall–Kier alpha value is -3.22. The fraction of sp³-hybridized carbons (Fsp3) is 0.0667. The zero-order valence-corrected chi connectivity index (χ0v) is 11.9. The molecule has 22 heavy (non-hydrogen) atoms. The normalized spacial score (nSPS) is 10.2. The number of amides is 1. The average Bonchev–Trinajstić information content (AvgIpc) is 2.94. The number of imidazole rings is 1. The van der Waals surface area contributed by atoms with E-state index in [1.165, 1.54) is 4.68 Å². The van der Waals surface area contributed by atoms with Crippen LogP contribution < -0.4 is 10.7 Å². The molecule has 0 atom stereocenters. The lowest BCUT2D eigenvalue weighted by molar-refractivity contribution is 0.101. The number of hydrogen-bond donors (Lipinski definition) is 2. The lowest BCUT2D eigenvalue weighted by Crippen LogP contribution is -2.22. The second kappa shape index (κ2) is 6.04. The molecule has 7 heteroatoms. The first kappa shape index (κ1) is 13.7. The van der Waals surface area contributed by atoms with Crippen molar-refractivity contribution in [2.24, 2.45) is 0 Å². The van der Waals surface area contributed by atoms with E-state index in [0.29, 0.717) is 17.2 Å². The molecule has 110 valence electrons. The van der Waals surface area contributed by atoms with Gasteiger partial charge >= 0.3 is 0 Å². The molecule has 0 unspecified atom stereocenters. The molecule has 2 aromatic heterocycles. The van der Waals surface area contributed by atoms with E-state index >= 15 is 0 Å². The van der Waals surface area contributed by atoms with Crippen LogP contribution in [0.2, 0.25) is 0 Å². The van der Waals surface area contributed by atoms with Gasteiger partial charge < -0.3 is 5.32 Å². The largest absolute Gasteiger partial charge is 0.323 e. The van der Waals surface area contributed by atoms with Gasteiger partial charge in [0.1, 0.15) is 6.33 Å². The Bertz CT molecular complexity index is 783. The minimum atomic E-state index is -0.253. The molecule has 0 spiro atoms. The maximum atomic E-state index is 12.4. The van der Waals surface area contributed by atoms with E-state index in [0.717, 1.165) is 5.69 Å². The minimum Gasteiger partial charge on any atom is -0.323 e. The molecule has 3 rings (SSSR count). The van der Waals surface area contributed by atoms with Crippen LogP contribution in [-0.4, -0.2) is 25.5 Å². The summed E-state index contributed by atoms with van der Waals surface area (Å²) in [6.45, 7) is 1.85. The first-order valence-electron chi connectivity index (χ1n) is 6.67. The second-order valence-electron chi connectivity index (χ2n) is 4.61. The van der Waals surface area contributed by atoms with E-state index in [1.54, 1.807) is 49.2 Å². The molecule has 0 fully saturated rings. The van der Waals surface area contributed by atoms with Crippen LogP contribution in [0.5, 0.6) is 0 Å². The maximum absolute atomic E-state index is 12.4. The van der Waals surface area contributed by atoms with E-state index in [9.17, 15) is 4.79 Å². The number of carbonyl (C=O) groups is 1. The molecule has 0 aliphatic carbocycles. The number of rotatable bonds is 4. The van der Waals surface area contributed by atoms with E-state index in [2.05, 4.69) is 25.7 Å². The quantitative estimate of drug-likeness (QED) is 0.770. The number of aromatic nitrogens is 4. The van der Waals surface area contributed by atoms with Crippen LogP contribution in [0.25, 0.3) is 0 Å². The summed E-state index contributed by atoms with van der Waals surface area (Å²) >= 11 is 0. The van der Waals surface area contributed by atoms with Gasteiger partial charge in [0, 0.05) is 18.6 Å². The van der Waals surface area contributed by atoms with Gasteiger partial charge in [0.25, 0.3) is 5.91 Å². The monoisotopic (exact) mass is 294 g/mol. The van der Waals surface area contributed by atoms with Crippen molar-refractivity contribution in [3.63, 3.8) is 0 Å². The Morgan fingerprint density at radius 2 is 1.86 bits per heavy atom. The van der Waals surface area contributed by atoms with Gasteiger partial charge in [-0.1, -0.05) is 12.1 Å². The third kappa shape index (κ3) is 3.09. The molecular weight excluding hydrogens is 280 g/mol. The summed E-state index contributed by atoms with van der Waals surface area (Å²) in [4.78, 5) is 24.6. The molecule has 0 bridgehead atoms. The summed E-state index contributed by atoms with van der Waals surface area (Å²) in [6.07, 6.45) is 6.54. The summed E-state index contributed by atoms with van der Waals surface area (Å²) < 4.78 is 1.52. The molecule has 0 aliphatic heterocycles. The predicted octanol–water partition coefficient (Wildman–Crippen LogP) is 2.11. The van der Waals surface area contributed by atoms with Crippen LogP contribution >= 0.6 is 0 Å². The highest BCUT2D eigenvalue weighted by atomic mass is 16.2. The fourth-order valence-corrected chi connectivity index (χ4v) is 1.93. The molecule has 7 nitrogen and oxygen atoms in total. The van der Waals surface area contributed by atoms with Crippen LogP contribution in [-0.2, 0) is 0 Å². The SMILES string of the molecule is Cc1cn(NC(=O)c2ccccc2Nc2ncccn2)cn1. The first-order chi connectivity index (χ1) is 10.7. The second-order valence-corrected chi connectivity index (χ2v) is 4.61. The van der Waals surface area contributed by atoms with Crippen LogP contribution in [0, 0.1) is 6.92 Å². The smallest absolute Gasteiger partial charge is 0.272 e. The van der Waals surface area contributed by atoms with Crippen molar-refractivity contribution in [3.05, 3.63) is 66.5 Å². The zero-order valence-electron chi connectivity index (χ0n) is 11.9. The number of para-hydroxylation sites is 1. The average molecular weight is 294 g/mol. The molecule has 0 saturated carbocycles. The van der Waals surface area contributed by atoms with E-state index in [-0.39, 0.29) is 5.91 Å². The van der Waals surface area contributed by atoms with Crippen molar-refractivity contribution in [3.8, 4) is 0 Å². The van der Waals surface area contributed by atoms with Gasteiger partial charge in [-0.2, -0.15) is 0 Å². The van der Waals surface area contributed by atoms with Gasteiger partial charge in [0.2, 0.25) is 5.95 Å². The summed E-state index contributed by atoms with van der Waals surface area (Å²) in [5, 5.41) is 3.04. The van der Waals surface area contributed by atoms with Gasteiger partial charge in [-0.3, -0.25) is 10.2 Å². The number of nitrogens with zero attached hydrogens (tertiary/aromatic N) is 4. The van der Waals surface area contributed by atoms with Gasteiger partial charge in [0.15, 0.2) is 0 Å². The zero-order chi connectivity index (χ0) is 15.4. The standard InChI is InChI=1S/C15H14N6O/c1-11-9-21(10-18-11)20-14(22)12-5-2-3-6-13(12)19-15-16-7-4-8-17-15/h2-10H,1H3,(H,20,22)(H,16,17,19). The highest BCUT2D eigenvalue weighted by molar-refractivity contribution is 6.04. The third-order valence-electron chi connectivity index (χ3n) is 2.93. The van der Waals surface area contributed by atoms with E-state index in [4.69, 9.17) is 0 Å². The third-order valence-corrected chi connectivity index (χ3v) is 2.93. The number of aryl methyl sites for hydroxylation is 1. The van der Waals surface area contributed by atoms with Crippen LogP contribution in [0.1, 0.15) is 16.1 Å². The molecule has 0 aliphatic rings. The van der Waals surface area contributed by atoms with Crippen LogP contribution in [0.3, 0.4) is 0 Å². The molecule has 2 N–H and O–H groups in total. The molecule has 1 amide bonds. The summed E-state index contributed by atoms with van der Waals surface area (Å²) in [5.41, 5.74) is 4.68. The van der Waals surface area contributed by atoms with Crippen molar-refractivity contribution >= 4 is 17.5 Å². The van der Waals surface area contributed by atoms with Crippen molar-refractivity contribution in [1.82, 2.24) is 19.6 Å². The number of benzene rings is 1. The number of carbonyl (C=O) groups excluding carboxylic acids is 1. The molecule has 0 radical (unpaired) electrons. The highest BCUT2D eigenvalue weighted by Gasteiger charge is 2.12. The minimum absolute atomic E-state index is 0.253. The van der Waals surface area contributed by atoms with Crippen LogP contribution in [0.15, 0.2) is 55.2 Å². The molecule has 2 heterocycles. The number of nitrogens with one attached hydrogen (secondary N) is 2. The van der Waals surface area contributed by atoms with Crippen LogP contribution in [0.4, 0.5) is 11.6 Å². The van der Waals surface area contributed by atoms with Gasteiger partial charge in [-0.25, -0.2) is 19.6 Å². The Kier molecular flexibility index (Phi) is 3.78. The first-order valence-corrected chi connectivity index (χ1v) is 6.67. The Labute approximate surface area is 127 Å². The Morgan fingerprint density at radius 1 is 1.09 bits per heavy atom. The Morgan fingerprint density at radius 3 is 2.59 bits per heavy atom. The van der Waals surface area contributed by atoms with Crippen molar-refractivity contribution in [1.29, 1.82) is 0 Å². The van der Waals surface area contributed by atoms with E-state index < -0.39 is 0 Å². The maximum Gasteiger partial charge on any atom is 0.272 e. The lowest BCUT2D eigenvalue weighted by Gasteiger charge is -2.11. The number of anilines is 2. The summed E-state index contributed by atoms with van der Waals surface area (Å²) in [7, 11) is 0. The van der Waals surface area contributed by atoms with Gasteiger partial charge in [-0.05, 0) is 25.1 Å². The molecule has 0 saturated heterocycles. The number of hydrogen-bond acceptors (Lipinski definition) is 5. The highest BCUT2D eigenvalue weighted by Crippen LogP contribution is 2.18. The van der Waals surface area contributed by atoms with Crippen molar-refractivity contribution < 1.29 is 4.79 Å². The Balaban J connectivity index is 1.83. The van der Waals surface area contributed by atoms with E-state index in [1.807, 2.05) is 13.0 Å². The lowest BCUT2D eigenvalue weighted by atomic mass is 10.1. The summed E-state index contributed by atoms with van der Waals surface area (Å²) in [5.74, 6) is 0.178. The molecular formula is C15H14N6O. The molecule has 1 aromatic carbocycles. The molecule has 3 aromatic rings. The predicted molar refractivity (Wildman–Crippen MR) is 82.4 cm³/mol.